The van der Waals surface area contributed by atoms with E-state index in [0.29, 0.717) is 16.7 Å². The minimum atomic E-state index is -4.46. The van der Waals surface area contributed by atoms with Crippen molar-refractivity contribution in [2.45, 2.75) is 38.5 Å². The van der Waals surface area contributed by atoms with E-state index >= 15 is 0 Å². The van der Waals surface area contributed by atoms with Crippen molar-refractivity contribution in [3.8, 4) is 11.5 Å². The van der Waals surface area contributed by atoms with Crippen LogP contribution in [0, 0.1) is 13.8 Å². The normalized spacial score (nSPS) is 18.4. The summed E-state index contributed by atoms with van der Waals surface area (Å²) < 4.78 is 46.3. The van der Waals surface area contributed by atoms with Crippen LogP contribution in [0.5, 0.6) is 0 Å². The molecule has 6 rings (SSSR count). The molecule has 0 radical (unpaired) electrons. The number of nitrogens with one attached hydrogen (secondary N) is 1. The van der Waals surface area contributed by atoms with Crippen LogP contribution >= 0.6 is 0 Å². The highest BCUT2D eigenvalue weighted by atomic mass is 19.4. The van der Waals surface area contributed by atoms with Crippen LogP contribution in [0.1, 0.15) is 35.2 Å². The summed E-state index contributed by atoms with van der Waals surface area (Å²) in [5.41, 5.74) is 4.32. The second-order valence-corrected chi connectivity index (χ2v) is 8.65. The van der Waals surface area contributed by atoms with Crippen LogP contribution in [0.2, 0.25) is 0 Å². The largest absolute Gasteiger partial charge is 0.410 e. The van der Waals surface area contributed by atoms with Gasteiger partial charge in [-0.3, -0.25) is 4.68 Å². The molecule has 1 N–H and O–H groups in total. The van der Waals surface area contributed by atoms with E-state index in [4.69, 9.17) is 0 Å². The third-order valence-electron chi connectivity index (χ3n) is 6.42. The summed E-state index contributed by atoms with van der Waals surface area (Å²) in [5.74, 6) is 0.487. The Labute approximate surface area is 191 Å². The maximum absolute atomic E-state index is 14.1. The first-order chi connectivity index (χ1) is 16.2. The summed E-state index contributed by atoms with van der Waals surface area (Å²) >= 11 is 0. The third kappa shape index (κ3) is 3.12. The molecule has 5 heterocycles. The second kappa shape index (κ2) is 7.02. The number of fused-ring (bicyclic) bond motifs is 4. The van der Waals surface area contributed by atoms with E-state index in [-0.39, 0.29) is 23.8 Å². The molecule has 2 atom stereocenters. The molecule has 0 spiro atoms. The fourth-order valence-corrected chi connectivity index (χ4v) is 4.43. The van der Waals surface area contributed by atoms with Crippen LogP contribution in [0.25, 0.3) is 28.2 Å². The Morgan fingerprint density at radius 3 is 2.65 bits per heavy atom. The predicted molar refractivity (Wildman–Crippen MR) is 118 cm³/mol. The number of benzene rings is 1. The van der Waals surface area contributed by atoms with Gasteiger partial charge in [0.15, 0.2) is 17.3 Å². The number of aromatic nitrogens is 8. The Balaban J connectivity index is 1.44. The molecular formula is C22H20F3N9. The smallest absolute Gasteiger partial charge is 0.363 e. The second-order valence-electron chi connectivity index (χ2n) is 8.65. The van der Waals surface area contributed by atoms with E-state index in [1.807, 2.05) is 32.0 Å². The summed E-state index contributed by atoms with van der Waals surface area (Å²) in [5, 5.41) is 16.8. The van der Waals surface area contributed by atoms with Gasteiger partial charge in [-0.2, -0.15) is 23.4 Å². The van der Waals surface area contributed by atoms with E-state index in [1.54, 1.807) is 24.0 Å². The zero-order valence-corrected chi connectivity index (χ0v) is 18.5. The van der Waals surface area contributed by atoms with Gasteiger partial charge in [0.1, 0.15) is 17.8 Å². The lowest BCUT2D eigenvalue weighted by Crippen LogP contribution is -2.35. The Morgan fingerprint density at radius 1 is 1.06 bits per heavy atom. The van der Waals surface area contributed by atoms with E-state index in [0.717, 1.165) is 21.4 Å². The summed E-state index contributed by atoms with van der Waals surface area (Å²) in [6, 6.07) is 5.03. The summed E-state index contributed by atoms with van der Waals surface area (Å²) in [6.07, 6.45) is -1.50. The Morgan fingerprint density at radius 2 is 1.88 bits per heavy atom. The van der Waals surface area contributed by atoms with E-state index in [2.05, 4.69) is 30.6 Å². The van der Waals surface area contributed by atoms with Crippen LogP contribution in [-0.2, 0) is 7.05 Å². The van der Waals surface area contributed by atoms with Crippen molar-refractivity contribution in [2.24, 2.45) is 7.05 Å². The number of alkyl halides is 3. The first-order valence-corrected chi connectivity index (χ1v) is 10.7. The van der Waals surface area contributed by atoms with E-state index in [9.17, 15) is 13.2 Å². The summed E-state index contributed by atoms with van der Waals surface area (Å²) in [6.45, 7) is 3.93. The molecule has 34 heavy (non-hydrogen) atoms. The van der Waals surface area contributed by atoms with Crippen LogP contribution in [0.4, 0.5) is 19.0 Å². The fourth-order valence-electron chi connectivity index (χ4n) is 4.43. The highest BCUT2D eigenvalue weighted by Gasteiger charge is 2.46. The Hall–Kier alpha value is -3.96. The van der Waals surface area contributed by atoms with Crippen LogP contribution in [0.3, 0.4) is 0 Å². The molecule has 0 fully saturated rings. The number of aryl methyl sites for hydroxylation is 3. The van der Waals surface area contributed by atoms with Crippen molar-refractivity contribution in [2.75, 3.05) is 5.32 Å². The molecule has 12 heteroatoms. The lowest BCUT2D eigenvalue weighted by molar-refractivity contribution is -0.173. The molecule has 1 aliphatic heterocycles. The maximum Gasteiger partial charge on any atom is 0.410 e. The summed E-state index contributed by atoms with van der Waals surface area (Å²) in [7, 11) is 1.77. The number of nitrogens with zero attached hydrogens (tertiary/aromatic N) is 8. The monoisotopic (exact) mass is 467 g/mol. The molecule has 0 aliphatic carbocycles. The van der Waals surface area contributed by atoms with Gasteiger partial charge in [0.05, 0.1) is 17.6 Å². The molecule has 0 saturated carbocycles. The average Bonchev–Trinajstić information content (AvgIpc) is 3.50. The Kier molecular flexibility index (Phi) is 4.26. The molecule has 0 saturated heterocycles. The molecule has 174 valence electrons. The average molecular weight is 467 g/mol. The highest BCUT2D eigenvalue weighted by molar-refractivity contribution is 5.88. The number of hydrogen-bond donors (Lipinski definition) is 1. The number of hydrogen-bond acceptors (Lipinski definition) is 6. The van der Waals surface area contributed by atoms with E-state index in [1.165, 1.54) is 10.8 Å². The van der Waals surface area contributed by atoms with Gasteiger partial charge in [-0.25, -0.2) is 19.2 Å². The van der Waals surface area contributed by atoms with Gasteiger partial charge in [-0.1, -0.05) is 18.2 Å². The van der Waals surface area contributed by atoms with Crippen molar-refractivity contribution in [1.29, 1.82) is 0 Å². The van der Waals surface area contributed by atoms with Crippen LogP contribution < -0.4 is 5.32 Å². The SMILES string of the molecule is Cc1ccc(C2CC(C(F)(F)F)n3nc(-c4nc5c6cnn(C)c6ncn5n4)cc3N2)cc1C. The molecule has 0 bridgehead atoms. The molecular weight excluding hydrogens is 447 g/mol. The van der Waals surface area contributed by atoms with Crippen molar-refractivity contribution < 1.29 is 13.2 Å². The molecule has 0 amide bonds. The predicted octanol–water partition coefficient (Wildman–Crippen LogP) is 4.15. The zero-order valence-electron chi connectivity index (χ0n) is 18.5. The van der Waals surface area contributed by atoms with Gasteiger partial charge < -0.3 is 5.32 Å². The number of rotatable bonds is 2. The van der Waals surface area contributed by atoms with Crippen LogP contribution in [0.15, 0.2) is 36.8 Å². The lowest BCUT2D eigenvalue weighted by Gasteiger charge is -2.33. The highest BCUT2D eigenvalue weighted by Crippen LogP contribution is 2.44. The minimum Gasteiger partial charge on any atom is -0.363 e. The lowest BCUT2D eigenvalue weighted by atomic mass is 9.94. The first kappa shape index (κ1) is 20.6. The van der Waals surface area contributed by atoms with E-state index < -0.39 is 18.3 Å². The molecule has 1 aliphatic rings. The topological polar surface area (TPSA) is 90.8 Å². The summed E-state index contributed by atoms with van der Waals surface area (Å²) in [4.78, 5) is 8.84. The molecule has 5 aromatic rings. The van der Waals surface area contributed by atoms with Crippen LogP contribution in [-0.4, -0.2) is 45.3 Å². The van der Waals surface area contributed by atoms with Crippen molar-refractivity contribution in [1.82, 2.24) is 39.1 Å². The molecule has 4 aromatic heterocycles. The fraction of sp³-hybridized carbons (Fsp3) is 0.318. The van der Waals surface area contributed by atoms with Gasteiger partial charge >= 0.3 is 6.18 Å². The van der Waals surface area contributed by atoms with Gasteiger partial charge in [-0.15, -0.1) is 5.10 Å². The van der Waals surface area contributed by atoms with Crippen molar-refractivity contribution in [3.63, 3.8) is 0 Å². The minimum absolute atomic E-state index is 0.168. The van der Waals surface area contributed by atoms with Crippen molar-refractivity contribution >= 4 is 22.5 Å². The number of halogens is 3. The third-order valence-corrected chi connectivity index (χ3v) is 6.42. The van der Waals surface area contributed by atoms with Gasteiger partial charge in [0, 0.05) is 19.5 Å². The van der Waals surface area contributed by atoms with Gasteiger partial charge in [0.25, 0.3) is 0 Å². The molecule has 1 aromatic carbocycles. The maximum atomic E-state index is 14.1. The Bertz CT molecular complexity index is 1560. The molecule has 9 nitrogen and oxygen atoms in total. The van der Waals surface area contributed by atoms with Gasteiger partial charge in [0.2, 0.25) is 5.82 Å². The van der Waals surface area contributed by atoms with Gasteiger partial charge in [-0.05, 0) is 30.5 Å². The zero-order chi connectivity index (χ0) is 23.8. The number of anilines is 1. The molecule has 2 unspecified atom stereocenters. The van der Waals surface area contributed by atoms with Crippen molar-refractivity contribution in [3.05, 3.63) is 53.5 Å². The quantitative estimate of drug-likeness (QED) is 0.420. The standard InChI is InChI=1S/C22H20F3N9/c1-11-4-5-13(6-12(11)2)15-7-17(22(23,24)25)34-18(28-15)8-16(30-34)19-29-21-14-9-27-32(3)20(14)26-10-33(21)31-19/h4-6,8-10,15,17,28H,7H2,1-3H3. The first-order valence-electron chi connectivity index (χ1n) is 10.7.